The van der Waals surface area contributed by atoms with Gasteiger partial charge < -0.3 is 89.0 Å². The van der Waals surface area contributed by atoms with Crippen LogP contribution in [0.5, 0.6) is 0 Å². The number of hydrogen-bond acceptors (Lipinski definition) is 18. The number of aliphatic hydroxyl groups excluding tert-OH is 10. The molecule has 4 aliphatic heterocycles. The largest absolute Gasteiger partial charge is 0.394 e. The maximum absolute atomic E-state index is 10.9. The molecule has 0 aromatic rings. The van der Waals surface area contributed by atoms with Crippen molar-refractivity contribution in [2.75, 3.05) is 26.9 Å². The van der Waals surface area contributed by atoms with Crippen molar-refractivity contribution in [3.8, 4) is 0 Å². The van der Waals surface area contributed by atoms with E-state index in [0.717, 1.165) is 0 Å². The van der Waals surface area contributed by atoms with E-state index in [9.17, 15) is 51.1 Å². The molecule has 1 unspecified atom stereocenters. The third-order valence-corrected chi connectivity index (χ3v) is 7.62. The molecular weight excluding hydrogens is 564 g/mol. The normalized spacial score (nSPS) is 53.3. The van der Waals surface area contributed by atoms with Crippen molar-refractivity contribution in [2.24, 2.45) is 0 Å². The first-order valence-corrected chi connectivity index (χ1v) is 13.2. The molecule has 0 spiro atoms. The lowest BCUT2D eigenvalue weighted by Gasteiger charge is -2.47. The Labute approximate surface area is 234 Å². The molecule has 4 aliphatic rings. The molecule has 4 fully saturated rings. The van der Waals surface area contributed by atoms with Gasteiger partial charge >= 0.3 is 0 Å². The molecule has 4 heterocycles. The highest BCUT2D eigenvalue weighted by atomic mass is 16.8. The van der Waals surface area contributed by atoms with Crippen LogP contribution in [-0.4, -0.2) is 189 Å². The van der Waals surface area contributed by atoms with Gasteiger partial charge in [0, 0.05) is 7.11 Å². The predicted octanol–water partition coefficient (Wildman–Crippen LogP) is -6.79. The first-order valence-electron chi connectivity index (χ1n) is 13.2. The average Bonchev–Trinajstić information content (AvgIpc) is 2.94. The van der Waals surface area contributed by atoms with Gasteiger partial charge in [-0.1, -0.05) is 0 Å². The Hall–Kier alpha value is -0.720. The van der Waals surface area contributed by atoms with Crippen molar-refractivity contribution in [3.63, 3.8) is 0 Å². The van der Waals surface area contributed by atoms with E-state index in [1.54, 1.807) is 0 Å². The molecule has 41 heavy (non-hydrogen) atoms. The molecule has 0 bridgehead atoms. The summed E-state index contributed by atoms with van der Waals surface area (Å²) in [5.41, 5.74) is 0. The molecule has 0 saturated carbocycles. The van der Waals surface area contributed by atoms with Crippen molar-refractivity contribution >= 4 is 0 Å². The molecule has 18 heteroatoms. The van der Waals surface area contributed by atoms with Crippen LogP contribution in [0.3, 0.4) is 0 Å². The van der Waals surface area contributed by atoms with Gasteiger partial charge in [0.05, 0.1) is 25.9 Å². The second-order valence-electron chi connectivity index (χ2n) is 10.4. The van der Waals surface area contributed by atoms with Gasteiger partial charge in [-0.2, -0.15) is 0 Å². The number of aliphatic hydroxyl groups is 10. The minimum Gasteiger partial charge on any atom is -0.394 e. The third kappa shape index (κ3) is 6.85. The monoisotopic (exact) mass is 604 g/mol. The predicted molar refractivity (Wildman–Crippen MR) is 125 cm³/mol. The lowest BCUT2D eigenvalue weighted by atomic mass is 9.97. The van der Waals surface area contributed by atoms with Gasteiger partial charge in [-0.15, -0.1) is 0 Å². The fourth-order valence-corrected chi connectivity index (χ4v) is 5.20. The van der Waals surface area contributed by atoms with Crippen molar-refractivity contribution < 1.29 is 89.0 Å². The van der Waals surface area contributed by atoms with Crippen LogP contribution in [0, 0.1) is 0 Å². The molecule has 0 aliphatic carbocycles. The van der Waals surface area contributed by atoms with Crippen molar-refractivity contribution in [1.82, 2.24) is 0 Å². The van der Waals surface area contributed by atoms with E-state index in [0.29, 0.717) is 0 Å². The molecule has 0 aromatic carbocycles. The Balaban J connectivity index is 1.39. The summed E-state index contributed by atoms with van der Waals surface area (Å²) < 4.78 is 43.1. The van der Waals surface area contributed by atoms with Gasteiger partial charge in [-0.05, 0) is 6.92 Å². The van der Waals surface area contributed by atoms with Crippen LogP contribution in [0.4, 0.5) is 0 Å². The quantitative estimate of drug-likeness (QED) is 0.123. The molecular formula is C23H40O18. The van der Waals surface area contributed by atoms with Crippen LogP contribution in [0.25, 0.3) is 0 Å². The van der Waals surface area contributed by atoms with E-state index >= 15 is 0 Å². The summed E-state index contributed by atoms with van der Waals surface area (Å²) >= 11 is 0. The van der Waals surface area contributed by atoms with E-state index in [4.69, 9.17) is 37.9 Å². The molecule has 0 aromatic heterocycles. The van der Waals surface area contributed by atoms with E-state index in [1.165, 1.54) is 14.0 Å². The highest BCUT2D eigenvalue weighted by Crippen LogP contribution is 2.32. The highest BCUT2D eigenvalue weighted by molar-refractivity contribution is 4.95. The minimum atomic E-state index is -1.80. The van der Waals surface area contributed by atoms with Gasteiger partial charge in [0.2, 0.25) is 0 Å². The molecule has 0 amide bonds. The van der Waals surface area contributed by atoms with Crippen LogP contribution in [-0.2, 0) is 37.9 Å². The zero-order chi connectivity index (χ0) is 30.2. The SMILES string of the molecule is CO[C@@H]1[C@@H](O)[C@H](O[C@@H]2[C@@H](O)[C@H](O[C@H]3[C@H](O)[C@@H](O)[C@H](O[C@H]4C(O)OC[C@@H](O)[C@@H]4O)O[C@@H]3C)OC[C@H]2O)O[C@H](CO)[C@H]1O. The number of methoxy groups -OCH3 is 1. The zero-order valence-electron chi connectivity index (χ0n) is 22.3. The molecule has 18 atom stereocenters. The Kier molecular flexibility index (Phi) is 11.3. The second kappa shape index (κ2) is 13.9. The van der Waals surface area contributed by atoms with Crippen molar-refractivity contribution in [1.29, 1.82) is 0 Å². The minimum absolute atomic E-state index is 0.350. The van der Waals surface area contributed by atoms with E-state index in [-0.39, 0.29) is 6.61 Å². The standard InChI is InChI=1S/C23H40O18/c1-6-16(12(29)13(30)22(37-6)41-19-10(27)7(25)4-35-20(19)33)39-21-14(31)17(8(26)5-36-21)40-23-15(32)18(34-2)11(28)9(3-24)38-23/h6-33H,3-5H2,1-2H3/t6-,7-,8-,9-,10+,11-,12-,13-,14-,15-,16-,17+,18+,19-,20?,21+,22+,23+/m1/s1. The maximum Gasteiger partial charge on any atom is 0.187 e. The van der Waals surface area contributed by atoms with Gasteiger partial charge in [0.15, 0.2) is 25.2 Å². The Morgan fingerprint density at radius 2 is 1.17 bits per heavy atom. The summed E-state index contributed by atoms with van der Waals surface area (Å²) in [7, 11) is 1.22. The number of hydrogen-bond donors (Lipinski definition) is 10. The first-order chi connectivity index (χ1) is 19.4. The van der Waals surface area contributed by atoms with E-state index < -0.39 is 124 Å². The zero-order valence-corrected chi connectivity index (χ0v) is 22.3. The average molecular weight is 605 g/mol. The molecule has 4 saturated heterocycles. The second-order valence-corrected chi connectivity index (χ2v) is 10.4. The fourth-order valence-electron chi connectivity index (χ4n) is 5.20. The lowest BCUT2D eigenvalue weighted by molar-refractivity contribution is -0.377. The molecule has 18 nitrogen and oxygen atoms in total. The summed E-state index contributed by atoms with van der Waals surface area (Å²) in [4.78, 5) is 0. The molecule has 0 radical (unpaired) electrons. The van der Waals surface area contributed by atoms with Crippen LogP contribution in [0.15, 0.2) is 0 Å². The maximum atomic E-state index is 10.9. The summed E-state index contributed by atoms with van der Waals surface area (Å²) in [5, 5.41) is 103. The molecule has 4 rings (SSSR count). The van der Waals surface area contributed by atoms with Gasteiger partial charge in [-0.25, -0.2) is 0 Å². The first kappa shape index (κ1) is 33.2. The van der Waals surface area contributed by atoms with Gasteiger partial charge in [-0.3, -0.25) is 0 Å². The summed E-state index contributed by atoms with van der Waals surface area (Å²) in [6, 6.07) is 0. The Morgan fingerprint density at radius 3 is 1.83 bits per heavy atom. The van der Waals surface area contributed by atoms with Crippen LogP contribution in [0.2, 0.25) is 0 Å². The smallest absolute Gasteiger partial charge is 0.187 e. The van der Waals surface area contributed by atoms with Gasteiger partial charge in [0.1, 0.15) is 79.4 Å². The van der Waals surface area contributed by atoms with Crippen LogP contribution < -0.4 is 0 Å². The summed E-state index contributed by atoms with van der Waals surface area (Å²) in [6.07, 6.45) is -26.8. The van der Waals surface area contributed by atoms with Crippen LogP contribution >= 0.6 is 0 Å². The Bertz CT molecular complexity index is 823. The summed E-state index contributed by atoms with van der Waals surface area (Å²) in [6.45, 7) is 0.0118. The van der Waals surface area contributed by atoms with Gasteiger partial charge in [0.25, 0.3) is 0 Å². The number of ether oxygens (including phenoxy) is 8. The van der Waals surface area contributed by atoms with Crippen LogP contribution in [0.1, 0.15) is 6.92 Å². The third-order valence-electron chi connectivity index (χ3n) is 7.62. The highest BCUT2D eigenvalue weighted by Gasteiger charge is 2.52. The molecule has 10 N–H and O–H groups in total. The summed E-state index contributed by atoms with van der Waals surface area (Å²) in [5.74, 6) is 0. The molecule has 240 valence electrons. The lowest BCUT2D eigenvalue weighted by Crippen LogP contribution is -2.65. The van der Waals surface area contributed by atoms with Crippen molar-refractivity contribution in [3.05, 3.63) is 0 Å². The number of rotatable bonds is 8. The van der Waals surface area contributed by atoms with Crippen molar-refractivity contribution in [2.45, 2.75) is 118 Å². The topological polar surface area (TPSA) is 276 Å². The van der Waals surface area contributed by atoms with E-state index in [2.05, 4.69) is 0 Å². The Morgan fingerprint density at radius 1 is 0.585 bits per heavy atom. The fraction of sp³-hybridized carbons (Fsp3) is 1.00. The van der Waals surface area contributed by atoms with E-state index in [1.807, 2.05) is 0 Å².